The number of ether oxygens (including phenoxy) is 1. The van der Waals surface area contributed by atoms with Crippen LogP contribution in [0.1, 0.15) is 39.5 Å². The highest BCUT2D eigenvalue weighted by Crippen LogP contribution is 2.32. The van der Waals surface area contributed by atoms with Crippen LogP contribution >= 0.6 is 11.6 Å². The van der Waals surface area contributed by atoms with Gasteiger partial charge in [0, 0.05) is 25.0 Å². The van der Waals surface area contributed by atoms with Gasteiger partial charge in [0.15, 0.2) is 0 Å². The molecule has 1 saturated heterocycles. The van der Waals surface area contributed by atoms with E-state index < -0.39 is 0 Å². The molecule has 0 amide bonds. The normalized spacial score (nSPS) is 30.0. The summed E-state index contributed by atoms with van der Waals surface area (Å²) in [4.78, 5) is 2.51. The second-order valence-corrected chi connectivity index (χ2v) is 5.83. The third-order valence-electron chi connectivity index (χ3n) is 3.43. The van der Waals surface area contributed by atoms with Gasteiger partial charge in [0.05, 0.1) is 11.7 Å². The van der Waals surface area contributed by atoms with Crippen molar-refractivity contribution in [1.29, 1.82) is 0 Å². The smallest absolute Gasteiger partial charge is 0.0710 e. The summed E-state index contributed by atoms with van der Waals surface area (Å²) in [6.45, 7) is 6.49. The first kappa shape index (κ1) is 11.7. The maximum atomic E-state index is 6.02. The van der Waals surface area contributed by atoms with Crippen LogP contribution in [0.2, 0.25) is 0 Å². The standard InChI is InChI=1S/C12H22ClNO/c1-12(2)6-5-11(15-12)9-14(8-7-13)10-3-4-10/h10-11H,3-9H2,1-2H3. The minimum absolute atomic E-state index is 0.0981. The Balaban J connectivity index is 1.79. The van der Waals surface area contributed by atoms with Crippen LogP contribution in [-0.2, 0) is 4.74 Å². The van der Waals surface area contributed by atoms with Crippen molar-refractivity contribution in [1.82, 2.24) is 4.90 Å². The highest BCUT2D eigenvalue weighted by Gasteiger charge is 2.35. The van der Waals surface area contributed by atoms with E-state index in [-0.39, 0.29) is 5.60 Å². The predicted molar refractivity (Wildman–Crippen MR) is 63.5 cm³/mol. The van der Waals surface area contributed by atoms with Crippen molar-refractivity contribution < 1.29 is 4.74 Å². The Bertz CT molecular complexity index is 216. The van der Waals surface area contributed by atoms with Crippen molar-refractivity contribution in [3.8, 4) is 0 Å². The number of hydrogen-bond donors (Lipinski definition) is 0. The van der Waals surface area contributed by atoms with Gasteiger partial charge in [-0.3, -0.25) is 4.90 Å². The van der Waals surface area contributed by atoms with Gasteiger partial charge in [-0.05, 0) is 39.5 Å². The van der Waals surface area contributed by atoms with E-state index in [1.54, 1.807) is 0 Å². The maximum absolute atomic E-state index is 6.02. The van der Waals surface area contributed by atoms with Gasteiger partial charge in [-0.2, -0.15) is 0 Å². The van der Waals surface area contributed by atoms with Crippen molar-refractivity contribution in [3.63, 3.8) is 0 Å². The molecular formula is C12H22ClNO. The molecule has 1 saturated carbocycles. The molecule has 2 fully saturated rings. The van der Waals surface area contributed by atoms with Crippen molar-refractivity contribution in [3.05, 3.63) is 0 Å². The van der Waals surface area contributed by atoms with Gasteiger partial charge in [-0.25, -0.2) is 0 Å². The molecule has 1 heterocycles. The van der Waals surface area contributed by atoms with E-state index in [9.17, 15) is 0 Å². The van der Waals surface area contributed by atoms with Crippen molar-refractivity contribution in [2.45, 2.75) is 57.3 Å². The third kappa shape index (κ3) is 3.33. The number of hydrogen-bond acceptors (Lipinski definition) is 2. The Hall–Kier alpha value is 0.210. The first-order valence-corrected chi connectivity index (χ1v) is 6.62. The monoisotopic (exact) mass is 231 g/mol. The molecule has 1 atom stereocenters. The van der Waals surface area contributed by atoms with E-state index in [0.29, 0.717) is 6.10 Å². The average Bonchev–Trinajstić information content (AvgIpc) is 2.92. The lowest BCUT2D eigenvalue weighted by Crippen LogP contribution is -2.36. The lowest BCUT2D eigenvalue weighted by atomic mass is 10.1. The van der Waals surface area contributed by atoms with Crippen LogP contribution in [0.5, 0.6) is 0 Å². The summed E-state index contributed by atoms with van der Waals surface area (Å²) in [7, 11) is 0. The number of rotatable bonds is 5. The lowest BCUT2D eigenvalue weighted by molar-refractivity contribution is -0.0290. The summed E-state index contributed by atoms with van der Waals surface area (Å²) >= 11 is 5.83. The summed E-state index contributed by atoms with van der Waals surface area (Å²) in [5.74, 6) is 0.743. The summed E-state index contributed by atoms with van der Waals surface area (Å²) < 4.78 is 6.02. The lowest BCUT2D eigenvalue weighted by Gasteiger charge is -2.26. The minimum atomic E-state index is 0.0981. The molecule has 0 radical (unpaired) electrons. The Kier molecular flexibility index (Phi) is 3.59. The van der Waals surface area contributed by atoms with Crippen LogP contribution < -0.4 is 0 Å². The molecule has 2 rings (SSSR count). The first-order chi connectivity index (χ1) is 7.11. The van der Waals surface area contributed by atoms with Crippen LogP contribution in [0.4, 0.5) is 0 Å². The zero-order valence-corrected chi connectivity index (χ0v) is 10.6. The van der Waals surface area contributed by atoms with Gasteiger partial charge in [0.2, 0.25) is 0 Å². The second kappa shape index (κ2) is 4.60. The Morgan fingerprint density at radius 2 is 2.07 bits per heavy atom. The zero-order valence-electron chi connectivity index (χ0n) is 9.84. The molecule has 3 heteroatoms. The van der Waals surface area contributed by atoms with Crippen LogP contribution in [0, 0.1) is 0 Å². The Morgan fingerprint density at radius 3 is 2.53 bits per heavy atom. The van der Waals surface area contributed by atoms with Crippen molar-refractivity contribution in [2.75, 3.05) is 19.0 Å². The molecule has 1 aliphatic carbocycles. The average molecular weight is 232 g/mol. The van der Waals surface area contributed by atoms with Crippen molar-refractivity contribution >= 4 is 11.6 Å². The SMILES string of the molecule is CC1(C)CCC(CN(CCCl)C2CC2)O1. The quantitative estimate of drug-likeness (QED) is 0.675. The fourth-order valence-corrected chi connectivity index (χ4v) is 2.66. The van der Waals surface area contributed by atoms with E-state index in [0.717, 1.165) is 25.0 Å². The molecule has 0 aromatic rings. The summed E-state index contributed by atoms with van der Waals surface area (Å²) in [5, 5.41) is 0. The molecule has 15 heavy (non-hydrogen) atoms. The molecule has 0 N–H and O–H groups in total. The fraction of sp³-hybridized carbons (Fsp3) is 1.00. The van der Waals surface area contributed by atoms with E-state index in [4.69, 9.17) is 16.3 Å². The van der Waals surface area contributed by atoms with Gasteiger partial charge in [0.1, 0.15) is 0 Å². The van der Waals surface area contributed by atoms with E-state index in [1.165, 1.54) is 25.7 Å². The highest BCUT2D eigenvalue weighted by atomic mass is 35.5. The molecule has 0 aromatic carbocycles. The van der Waals surface area contributed by atoms with Gasteiger partial charge in [-0.1, -0.05) is 0 Å². The van der Waals surface area contributed by atoms with E-state index in [2.05, 4.69) is 18.7 Å². The van der Waals surface area contributed by atoms with Gasteiger partial charge in [0.25, 0.3) is 0 Å². The number of nitrogens with zero attached hydrogens (tertiary/aromatic N) is 1. The van der Waals surface area contributed by atoms with Crippen molar-refractivity contribution in [2.24, 2.45) is 0 Å². The summed E-state index contributed by atoms with van der Waals surface area (Å²) in [6.07, 6.45) is 5.54. The van der Waals surface area contributed by atoms with Gasteiger partial charge >= 0.3 is 0 Å². The maximum Gasteiger partial charge on any atom is 0.0710 e. The summed E-state index contributed by atoms with van der Waals surface area (Å²) in [6, 6.07) is 0.802. The van der Waals surface area contributed by atoms with Crippen LogP contribution in [0.25, 0.3) is 0 Å². The molecule has 2 nitrogen and oxygen atoms in total. The second-order valence-electron chi connectivity index (χ2n) is 5.45. The molecule has 1 aliphatic heterocycles. The minimum Gasteiger partial charge on any atom is -0.371 e. The molecule has 88 valence electrons. The summed E-state index contributed by atoms with van der Waals surface area (Å²) in [5.41, 5.74) is 0.0981. The predicted octanol–water partition coefficient (Wildman–Crippen LogP) is 2.65. The van der Waals surface area contributed by atoms with E-state index in [1.807, 2.05) is 0 Å². The van der Waals surface area contributed by atoms with Crippen LogP contribution in [-0.4, -0.2) is 41.6 Å². The molecule has 1 unspecified atom stereocenters. The first-order valence-electron chi connectivity index (χ1n) is 6.08. The topological polar surface area (TPSA) is 12.5 Å². The molecule has 0 spiro atoms. The van der Waals surface area contributed by atoms with Crippen LogP contribution in [0.3, 0.4) is 0 Å². The third-order valence-corrected chi connectivity index (χ3v) is 3.60. The molecular weight excluding hydrogens is 210 g/mol. The Morgan fingerprint density at radius 1 is 1.33 bits per heavy atom. The van der Waals surface area contributed by atoms with Crippen LogP contribution in [0.15, 0.2) is 0 Å². The number of alkyl halides is 1. The van der Waals surface area contributed by atoms with E-state index >= 15 is 0 Å². The van der Waals surface area contributed by atoms with Gasteiger partial charge < -0.3 is 4.74 Å². The van der Waals surface area contributed by atoms with Gasteiger partial charge in [-0.15, -0.1) is 11.6 Å². The fourth-order valence-electron chi connectivity index (χ4n) is 2.44. The largest absolute Gasteiger partial charge is 0.371 e. The highest BCUT2D eigenvalue weighted by molar-refractivity contribution is 6.18. The Labute approximate surface area is 97.9 Å². The number of halogens is 1. The molecule has 0 bridgehead atoms. The zero-order chi connectivity index (χ0) is 10.9. The molecule has 2 aliphatic rings. The molecule has 0 aromatic heterocycles.